The van der Waals surface area contributed by atoms with Gasteiger partial charge in [-0.05, 0) is 30.9 Å². The molecule has 1 aliphatic carbocycles. The lowest BCUT2D eigenvalue weighted by molar-refractivity contribution is -0.137. The van der Waals surface area contributed by atoms with Crippen molar-refractivity contribution in [3.63, 3.8) is 0 Å². The van der Waals surface area contributed by atoms with Crippen LogP contribution in [0.1, 0.15) is 24.9 Å². The number of nitrogens with zero attached hydrogens (tertiary/aromatic N) is 5. The van der Waals surface area contributed by atoms with Crippen LogP contribution in [0.5, 0.6) is 0 Å². The lowest BCUT2D eigenvalue weighted by Gasteiger charge is -2.16. The van der Waals surface area contributed by atoms with E-state index in [1.165, 1.54) is 15.8 Å². The number of para-hydroxylation sites is 1. The highest BCUT2D eigenvalue weighted by Crippen LogP contribution is 2.33. The number of amides is 3. The van der Waals surface area contributed by atoms with Crippen LogP contribution in [-0.4, -0.2) is 84.5 Å². The number of rotatable bonds is 5. The molecule has 13 nitrogen and oxygen atoms in total. The number of carbonyl (C=O) groups is 2. The summed E-state index contributed by atoms with van der Waals surface area (Å²) in [5.74, 6) is 5.25. The summed E-state index contributed by atoms with van der Waals surface area (Å²) in [5, 5.41) is 26.6. The lowest BCUT2D eigenvalue weighted by Crippen LogP contribution is -2.43. The molecule has 1 saturated carbocycles. The maximum Gasteiger partial charge on any atom is 0.322 e. The fourth-order valence-corrected chi connectivity index (χ4v) is 3.85. The number of imidazole rings is 1. The number of nitrogens with one attached hydrogen (secondary N) is 2. The molecule has 3 amide bonds. The predicted octanol–water partition coefficient (Wildman–Crippen LogP) is -0.178. The van der Waals surface area contributed by atoms with E-state index in [1.54, 1.807) is 19.2 Å². The Morgan fingerprint density at radius 3 is 2.70 bits per heavy atom. The van der Waals surface area contributed by atoms with Crippen LogP contribution in [0.3, 0.4) is 0 Å². The van der Waals surface area contributed by atoms with Gasteiger partial charge in [0.15, 0.2) is 23.8 Å². The van der Waals surface area contributed by atoms with Gasteiger partial charge in [-0.1, -0.05) is 24.1 Å². The molecule has 6 N–H and O–H groups in total. The number of aliphatic hydroxyl groups is 2. The van der Waals surface area contributed by atoms with Gasteiger partial charge in [0.25, 0.3) is 5.91 Å². The van der Waals surface area contributed by atoms with Gasteiger partial charge in [-0.2, -0.15) is 0 Å². The smallest absolute Gasteiger partial charge is 0.322 e. The molecule has 1 unspecified atom stereocenters. The number of hydrogen-bond donors (Lipinski definition) is 5. The number of fused-ring (bicyclic) bond motifs is 1. The van der Waals surface area contributed by atoms with E-state index in [9.17, 15) is 19.8 Å². The average molecular weight is 507 g/mol. The first-order valence-electron chi connectivity index (χ1n) is 11.7. The van der Waals surface area contributed by atoms with Crippen molar-refractivity contribution in [2.24, 2.45) is 0 Å². The first-order chi connectivity index (χ1) is 17.8. The number of aliphatic hydroxyl groups excluding tert-OH is 2. The van der Waals surface area contributed by atoms with Crippen molar-refractivity contribution < 1.29 is 24.5 Å². The molecule has 2 fully saturated rings. The summed E-state index contributed by atoms with van der Waals surface area (Å²) in [6, 6.07) is 8.78. The fraction of sp³-hybridized carbons (Fsp3) is 0.375. The highest BCUT2D eigenvalue weighted by molar-refractivity contribution is 5.89. The molecule has 192 valence electrons. The van der Waals surface area contributed by atoms with Crippen LogP contribution in [0.4, 0.5) is 16.3 Å². The SMILES string of the molecule is CN(CC#Cc1nc(N)c2ncn([C@@H]3O[C@H](C(=O)NC4CC4)C(O)[C@@H]3O)c2n1)C(=O)Nc1ccccc1. The number of anilines is 2. The summed E-state index contributed by atoms with van der Waals surface area (Å²) >= 11 is 0. The number of nitrogens with two attached hydrogens (primary N) is 1. The Balaban J connectivity index is 1.31. The molecule has 0 radical (unpaired) electrons. The van der Waals surface area contributed by atoms with Gasteiger partial charge in [-0.25, -0.2) is 19.7 Å². The van der Waals surface area contributed by atoms with Crippen LogP contribution in [0.2, 0.25) is 0 Å². The summed E-state index contributed by atoms with van der Waals surface area (Å²) in [7, 11) is 1.60. The van der Waals surface area contributed by atoms with Crippen LogP contribution >= 0.6 is 0 Å². The molecule has 1 aromatic carbocycles. The maximum atomic E-state index is 12.4. The third kappa shape index (κ3) is 5.17. The average Bonchev–Trinajstić information content (AvgIpc) is 3.52. The van der Waals surface area contributed by atoms with E-state index < -0.39 is 30.4 Å². The molecule has 2 aromatic heterocycles. The standard InChI is InChI=1S/C24H26N8O5/c1-31(24(36)28-13-6-3-2-4-7-13)11-5-8-15-29-20(25)16-21(30-15)32(12-26-16)23-18(34)17(33)19(37-23)22(35)27-14-9-10-14/h2-4,6-7,12,14,17-19,23,33-34H,9-11H2,1H3,(H,27,35)(H,28,36)(H2,25,29,30)/t17?,18-,19-,23+/m0/s1. The number of carbonyl (C=O) groups excluding carboxylic acids is 2. The number of nitrogen functional groups attached to an aromatic ring is 1. The largest absolute Gasteiger partial charge is 0.387 e. The number of aromatic nitrogens is 4. The highest BCUT2D eigenvalue weighted by Gasteiger charge is 2.48. The van der Waals surface area contributed by atoms with Crippen molar-refractivity contribution in [2.45, 2.75) is 43.4 Å². The van der Waals surface area contributed by atoms with E-state index in [2.05, 4.69) is 37.4 Å². The van der Waals surface area contributed by atoms with E-state index in [-0.39, 0.29) is 41.4 Å². The topological polar surface area (TPSA) is 181 Å². The Morgan fingerprint density at radius 2 is 1.97 bits per heavy atom. The molecule has 5 rings (SSSR count). The van der Waals surface area contributed by atoms with Crippen molar-refractivity contribution in [2.75, 3.05) is 24.6 Å². The zero-order valence-corrected chi connectivity index (χ0v) is 19.9. The van der Waals surface area contributed by atoms with Crippen molar-refractivity contribution in [1.29, 1.82) is 0 Å². The Hall–Kier alpha value is -4.25. The highest BCUT2D eigenvalue weighted by atomic mass is 16.6. The van der Waals surface area contributed by atoms with E-state index in [4.69, 9.17) is 10.5 Å². The minimum atomic E-state index is -1.43. The third-order valence-corrected chi connectivity index (χ3v) is 6.03. The summed E-state index contributed by atoms with van der Waals surface area (Å²) in [5.41, 5.74) is 7.18. The molecule has 37 heavy (non-hydrogen) atoms. The Bertz CT molecular complexity index is 1380. The van der Waals surface area contributed by atoms with E-state index >= 15 is 0 Å². The first-order valence-corrected chi connectivity index (χ1v) is 11.7. The second kappa shape index (κ2) is 10.0. The molecule has 0 bridgehead atoms. The number of urea groups is 1. The normalized spacial score (nSPS) is 22.8. The minimum absolute atomic E-state index is 0.0549. The van der Waals surface area contributed by atoms with Gasteiger partial charge in [0.2, 0.25) is 5.82 Å². The summed E-state index contributed by atoms with van der Waals surface area (Å²) in [6.07, 6.45) is -2.12. The quantitative estimate of drug-likeness (QED) is 0.293. The van der Waals surface area contributed by atoms with Crippen LogP contribution in [-0.2, 0) is 9.53 Å². The van der Waals surface area contributed by atoms with E-state index in [0.717, 1.165) is 12.8 Å². The van der Waals surface area contributed by atoms with Gasteiger partial charge < -0.3 is 36.2 Å². The molecule has 3 aromatic rings. The van der Waals surface area contributed by atoms with Crippen molar-refractivity contribution >= 4 is 34.6 Å². The lowest BCUT2D eigenvalue weighted by atomic mass is 10.1. The minimum Gasteiger partial charge on any atom is -0.387 e. The third-order valence-electron chi connectivity index (χ3n) is 6.03. The molecular formula is C24H26N8O5. The Morgan fingerprint density at radius 1 is 1.22 bits per heavy atom. The van der Waals surface area contributed by atoms with Gasteiger partial charge in [0.05, 0.1) is 12.9 Å². The summed E-state index contributed by atoms with van der Waals surface area (Å²) in [4.78, 5) is 38.9. The van der Waals surface area contributed by atoms with Gasteiger partial charge in [-0.15, -0.1) is 0 Å². The summed E-state index contributed by atoms with van der Waals surface area (Å²) < 4.78 is 7.10. The van der Waals surface area contributed by atoms with Gasteiger partial charge in [0.1, 0.15) is 17.7 Å². The van der Waals surface area contributed by atoms with Crippen LogP contribution in [0.25, 0.3) is 11.2 Å². The Labute approximate surface area is 211 Å². The monoisotopic (exact) mass is 506 g/mol. The Kier molecular flexibility index (Phi) is 6.62. The molecule has 13 heteroatoms. The second-order valence-corrected chi connectivity index (χ2v) is 8.92. The molecule has 1 saturated heterocycles. The molecule has 1 aliphatic heterocycles. The fourth-order valence-electron chi connectivity index (χ4n) is 3.85. The number of ether oxygens (including phenoxy) is 1. The zero-order valence-electron chi connectivity index (χ0n) is 19.9. The maximum absolute atomic E-state index is 12.4. The van der Waals surface area contributed by atoms with Crippen LogP contribution in [0.15, 0.2) is 36.7 Å². The molecular weight excluding hydrogens is 480 g/mol. The van der Waals surface area contributed by atoms with Crippen molar-refractivity contribution in [3.05, 3.63) is 42.5 Å². The van der Waals surface area contributed by atoms with Crippen LogP contribution in [0, 0.1) is 11.8 Å². The second-order valence-electron chi connectivity index (χ2n) is 8.92. The molecule has 0 spiro atoms. The predicted molar refractivity (Wildman–Crippen MR) is 132 cm³/mol. The molecule has 3 heterocycles. The number of hydrogen-bond acceptors (Lipinski definition) is 9. The van der Waals surface area contributed by atoms with E-state index in [1.807, 2.05) is 18.2 Å². The first kappa shape index (κ1) is 24.4. The van der Waals surface area contributed by atoms with E-state index in [0.29, 0.717) is 5.69 Å². The van der Waals surface area contributed by atoms with Gasteiger partial charge in [-0.3, -0.25) is 9.36 Å². The van der Waals surface area contributed by atoms with Crippen LogP contribution < -0.4 is 16.4 Å². The molecule has 4 atom stereocenters. The van der Waals surface area contributed by atoms with Crippen molar-refractivity contribution in [3.8, 4) is 11.8 Å². The molecule has 2 aliphatic rings. The number of benzene rings is 1. The summed E-state index contributed by atoms with van der Waals surface area (Å²) in [6.45, 7) is 0.0909. The van der Waals surface area contributed by atoms with Gasteiger partial charge >= 0.3 is 6.03 Å². The van der Waals surface area contributed by atoms with Gasteiger partial charge in [0, 0.05) is 18.8 Å². The van der Waals surface area contributed by atoms with Crippen molar-refractivity contribution in [1.82, 2.24) is 29.7 Å². The zero-order chi connectivity index (χ0) is 26.1.